The molecular formula is C27H31Cl2F2N3O4. The Kier molecular flexibility index (Phi) is 8.08. The number of nitrogens with one attached hydrogen (secondary N) is 3. The summed E-state index contributed by atoms with van der Waals surface area (Å²) in [6, 6.07) is 4.91. The van der Waals surface area contributed by atoms with Crippen molar-refractivity contribution in [1.29, 1.82) is 0 Å². The third kappa shape index (κ3) is 5.14. The van der Waals surface area contributed by atoms with E-state index in [1.165, 1.54) is 30.3 Å². The van der Waals surface area contributed by atoms with Crippen LogP contribution in [-0.4, -0.2) is 53.4 Å². The molecule has 2 aliphatic rings. The van der Waals surface area contributed by atoms with Crippen molar-refractivity contribution in [2.45, 2.75) is 63.1 Å². The lowest BCUT2D eigenvalue weighted by atomic mass is 9.62. The van der Waals surface area contributed by atoms with E-state index in [-0.39, 0.29) is 35.0 Å². The van der Waals surface area contributed by atoms with Gasteiger partial charge in [-0.3, -0.25) is 9.59 Å². The molecule has 7 nitrogen and oxygen atoms in total. The molecular weight excluding hydrogens is 539 g/mol. The molecule has 1 saturated heterocycles. The lowest BCUT2D eigenvalue weighted by Gasteiger charge is -2.37. The van der Waals surface area contributed by atoms with E-state index in [1.807, 2.05) is 20.8 Å². The second-order valence-electron chi connectivity index (χ2n) is 11.2. The van der Waals surface area contributed by atoms with Gasteiger partial charge in [0.25, 0.3) is 0 Å². The topological polar surface area (TPSA) is 111 Å². The minimum absolute atomic E-state index is 0.0712. The lowest BCUT2D eigenvalue weighted by molar-refractivity contribution is -0.124. The Labute approximate surface area is 229 Å². The summed E-state index contributed by atoms with van der Waals surface area (Å²) in [5, 5.41) is 27.6. The summed E-state index contributed by atoms with van der Waals surface area (Å²) in [4.78, 5) is 27.6. The number of aliphatic hydroxyl groups is 2. The van der Waals surface area contributed by atoms with Crippen LogP contribution in [0.25, 0.3) is 0 Å². The van der Waals surface area contributed by atoms with E-state index in [0.717, 1.165) is 0 Å². The minimum Gasteiger partial charge on any atom is -0.396 e. The maximum absolute atomic E-state index is 14.9. The summed E-state index contributed by atoms with van der Waals surface area (Å²) in [5.41, 5.74) is -0.700. The van der Waals surface area contributed by atoms with Gasteiger partial charge in [-0.25, -0.2) is 8.78 Å². The summed E-state index contributed by atoms with van der Waals surface area (Å²) in [6.45, 7) is 5.58. The van der Waals surface area contributed by atoms with Crippen LogP contribution in [0.15, 0.2) is 30.3 Å². The molecule has 5 N–H and O–H groups in total. The zero-order valence-corrected chi connectivity index (χ0v) is 22.8. The van der Waals surface area contributed by atoms with E-state index in [9.17, 15) is 23.5 Å². The molecule has 4 rings (SSSR count). The van der Waals surface area contributed by atoms with Gasteiger partial charge in [0.2, 0.25) is 11.8 Å². The summed E-state index contributed by atoms with van der Waals surface area (Å²) in [7, 11) is 0. The molecule has 2 aromatic rings. The molecule has 2 aromatic carbocycles. The van der Waals surface area contributed by atoms with Crippen molar-refractivity contribution < 1.29 is 28.6 Å². The number of carbonyl (C=O) groups is 2. The number of fused-ring (bicyclic) bond motifs is 2. The highest BCUT2D eigenvalue weighted by atomic mass is 35.5. The molecule has 0 radical (unpaired) electrons. The van der Waals surface area contributed by atoms with Gasteiger partial charge in [-0.1, -0.05) is 50.0 Å². The first-order valence-corrected chi connectivity index (χ1v) is 13.1. The van der Waals surface area contributed by atoms with Crippen molar-refractivity contribution >= 4 is 40.7 Å². The Morgan fingerprint density at radius 3 is 2.47 bits per heavy atom. The third-order valence-corrected chi connectivity index (χ3v) is 7.84. The molecule has 0 aromatic heterocycles. The highest BCUT2D eigenvalue weighted by Gasteiger charge is 2.66. The maximum Gasteiger partial charge on any atom is 0.237 e. The average Bonchev–Trinajstić information content (AvgIpc) is 3.29. The third-order valence-electron chi connectivity index (χ3n) is 7.26. The number of carbonyl (C=O) groups excluding carboxylic acids is 2. The number of aliphatic hydroxyl groups excluding tert-OH is 2. The zero-order valence-electron chi connectivity index (χ0n) is 21.2. The van der Waals surface area contributed by atoms with Gasteiger partial charge in [-0.05, 0) is 53.6 Å². The largest absolute Gasteiger partial charge is 0.396 e. The molecule has 2 aliphatic heterocycles. The molecule has 206 valence electrons. The average molecular weight is 570 g/mol. The number of anilines is 1. The summed E-state index contributed by atoms with van der Waals surface area (Å²) in [6.07, 6.45) is -0.482. The lowest BCUT2D eigenvalue weighted by Crippen LogP contribution is -2.49. The number of amides is 2. The van der Waals surface area contributed by atoms with Crippen molar-refractivity contribution in [2.75, 3.05) is 18.5 Å². The van der Waals surface area contributed by atoms with Crippen molar-refractivity contribution in [2.24, 2.45) is 5.41 Å². The van der Waals surface area contributed by atoms with Crippen LogP contribution in [0.1, 0.15) is 50.7 Å². The second-order valence-corrected chi connectivity index (χ2v) is 12.0. The Morgan fingerprint density at radius 2 is 1.84 bits per heavy atom. The fourth-order valence-electron chi connectivity index (χ4n) is 5.72. The van der Waals surface area contributed by atoms with Gasteiger partial charge >= 0.3 is 0 Å². The van der Waals surface area contributed by atoms with Crippen molar-refractivity contribution in [3.05, 3.63) is 63.1 Å². The van der Waals surface area contributed by atoms with E-state index < -0.39 is 53.0 Å². The fourth-order valence-corrected chi connectivity index (χ4v) is 6.07. The second kappa shape index (κ2) is 10.7. The summed E-state index contributed by atoms with van der Waals surface area (Å²) < 4.78 is 29.1. The molecule has 2 amide bonds. The number of benzene rings is 2. The number of hydrogen-bond donors (Lipinski definition) is 5. The van der Waals surface area contributed by atoms with Gasteiger partial charge < -0.3 is 26.2 Å². The molecule has 1 spiro atoms. The highest BCUT2D eigenvalue weighted by Crippen LogP contribution is 2.57. The van der Waals surface area contributed by atoms with Crippen molar-refractivity contribution in [1.82, 2.24) is 10.6 Å². The quantitative estimate of drug-likeness (QED) is 0.347. The van der Waals surface area contributed by atoms with Crippen LogP contribution in [0.2, 0.25) is 10.0 Å². The van der Waals surface area contributed by atoms with Gasteiger partial charge in [-0.2, -0.15) is 0 Å². The minimum atomic E-state index is -1.47. The molecule has 11 heteroatoms. The molecule has 0 bridgehead atoms. The van der Waals surface area contributed by atoms with E-state index in [0.29, 0.717) is 23.2 Å². The van der Waals surface area contributed by atoms with Crippen LogP contribution in [0.5, 0.6) is 0 Å². The number of rotatable bonds is 7. The van der Waals surface area contributed by atoms with Crippen LogP contribution in [0.4, 0.5) is 14.5 Å². The summed E-state index contributed by atoms with van der Waals surface area (Å²) >= 11 is 12.2. The van der Waals surface area contributed by atoms with Crippen LogP contribution in [0.3, 0.4) is 0 Å². The first-order valence-electron chi connectivity index (χ1n) is 12.4. The molecule has 2 heterocycles. The molecule has 5 atom stereocenters. The zero-order chi connectivity index (χ0) is 28.0. The highest BCUT2D eigenvalue weighted by molar-refractivity contribution is 6.31. The van der Waals surface area contributed by atoms with Crippen molar-refractivity contribution in [3.63, 3.8) is 0 Å². The van der Waals surface area contributed by atoms with Gasteiger partial charge in [-0.15, -0.1) is 0 Å². The molecule has 0 aliphatic carbocycles. The molecule has 0 saturated carbocycles. The smallest absolute Gasteiger partial charge is 0.237 e. The van der Waals surface area contributed by atoms with Crippen molar-refractivity contribution in [3.8, 4) is 0 Å². The predicted octanol–water partition coefficient (Wildman–Crippen LogP) is 3.88. The Morgan fingerprint density at radius 1 is 1.16 bits per heavy atom. The SMILES string of the molecule is CC(C)(C)C[C@H]1N[C@@H](C(=O)NC[C@@H](O)CCO)[C@H](c2ccc(F)c(Cl)c2)[C@@]12C(=O)Nc1cc(Cl)c(F)cc12. The van der Waals surface area contributed by atoms with Crippen LogP contribution >= 0.6 is 23.2 Å². The molecule has 0 unspecified atom stereocenters. The van der Waals surface area contributed by atoms with E-state index in [1.54, 1.807) is 0 Å². The standard InChI is InChI=1S/C27H31Cl2F2N3O4/c1-26(2,3)11-21-27(15-9-19(31)17(29)10-20(15)33-25(27)38)22(13-4-5-18(30)16(28)8-13)23(34-21)24(37)32-12-14(36)6-7-35/h4-5,8-10,14,21-23,34-36H,6-7,11-12H2,1-3H3,(H,32,37)(H,33,38)/t14-,21+,22-,23+,27-/m0/s1. The summed E-state index contributed by atoms with van der Waals surface area (Å²) in [5.74, 6) is -3.27. The van der Waals surface area contributed by atoms with Crippen LogP contribution in [0, 0.1) is 17.0 Å². The van der Waals surface area contributed by atoms with Gasteiger partial charge in [0, 0.05) is 30.8 Å². The Bertz CT molecular complexity index is 1260. The maximum atomic E-state index is 14.9. The van der Waals surface area contributed by atoms with E-state index in [4.69, 9.17) is 28.3 Å². The Hall–Kier alpha value is -2.30. The molecule has 1 fully saturated rings. The predicted molar refractivity (Wildman–Crippen MR) is 141 cm³/mol. The molecule has 38 heavy (non-hydrogen) atoms. The van der Waals surface area contributed by atoms with E-state index >= 15 is 0 Å². The number of hydrogen-bond acceptors (Lipinski definition) is 5. The fraction of sp³-hybridized carbons (Fsp3) is 0.481. The van der Waals surface area contributed by atoms with Gasteiger partial charge in [0.1, 0.15) is 17.0 Å². The normalized spacial score (nSPS) is 25.4. The Balaban J connectivity index is 1.92. The first-order chi connectivity index (χ1) is 17.8. The first kappa shape index (κ1) is 28.7. The van der Waals surface area contributed by atoms with Gasteiger partial charge in [0.05, 0.1) is 22.2 Å². The van der Waals surface area contributed by atoms with Crippen LogP contribution in [-0.2, 0) is 15.0 Å². The monoisotopic (exact) mass is 569 g/mol. The van der Waals surface area contributed by atoms with E-state index in [2.05, 4.69) is 16.0 Å². The van der Waals surface area contributed by atoms with Gasteiger partial charge in [0.15, 0.2) is 0 Å². The van der Waals surface area contributed by atoms with Crippen LogP contribution < -0.4 is 16.0 Å². The number of halogens is 4.